The molecular formula is C12H22N2O. The Hall–Kier alpha value is -0.830. The maximum Gasteiger partial charge on any atom is 0.239 e. The van der Waals surface area contributed by atoms with Crippen molar-refractivity contribution in [1.29, 1.82) is 0 Å². The Morgan fingerprint density at radius 2 is 2.40 bits per heavy atom. The molecule has 1 fully saturated rings. The zero-order valence-electron chi connectivity index (χ0n) is 9.67. The molecular weight excluding hydrogens is 188 g/mol. The summed E-state index contributed by atoms with van der Waals surface area (Å²) in [5.74, 6) is 0.249. The van der Waals surface area contributed by atoms with Crippen LogP contribution in [0, 0.1) is 0 Å². The summed E-state index contributed by atoms with van der Waals surface area (Å²) in [7, 11) is 1.89. The number of unbranched alkanes of at least 4 members (excludes halogenated alkanes) is 1. The fraction of sp³-hybridized carbons (Fsp3) is 0.750. The van der Waals surface area contributed by atoms with Crippen molar-refractivity contribution in [3.05, 3.63) is 12.7 Å². The summed E-state index contributed by atoms with van der Waals surface area (Å²) in [6, 6.07) is 0.0625. The molecule has 1 aliphatic heterocycles. The lowest BCUT2D eigenvalue weighted by atomic mass is 10.0. The summed E-state index contributed by atoms with van der Waals surface area (Å²) in [6.07, 6.45) is 7.25. The minimum absolute atomic E-state index is 0.0625. The van der Waals surface area contributed by atoms with E-state index in [1.165, 1.54) is 12.8 Å². The first kappa shape index (κ1) is 12.2. The summed E-state index contributed by atoms with van der Waals surface area (Å²) in [5, 5.41) is 3.28. The predicted octanol–water partition coefficient (Wildman–Crippen LogP) is 1.55. The van der Waals surface area contributed by atoms with Crippen LogP contribution in [-0.4, -0.2) is 37.0 Å². The van der Waals surface area contributed by atoms with Crippen LogP contribution in [0.5, 0.6) is 0 Å². The summed E-state index contributed by atoms with van der Waals surface area (Å²) in [6.45, 7) is 5.50. The Morgan fingerprint density at radius 3 is 3.00 bits per heavy atom. The molecule has 1 rings (SSSR count). The van der Waals surface area contributed by atoms with Crippen molar-refractivity contribution in [3.8, 4) is 0 Å². The summed E-state index contributed by atoms with van der Waals surface area (Å²) >= 11 is 0. The number of nitrogens with one attached hydrogen (secondary N) is 1. The number of amides is 1. The van der Waals surface area contributed by atoms with Gasteiger partial charge in [-0.15, -0.1) is 6.58 Å². The quantitative estimate of drug-likeness (QED) is 0.551. The molecule has 3 heteroatoms. The van der Waals surface area contributed by atoms with Crippen molar-refractivity contribution in [2.45, 2.75) is 38.1 Å². The summed E-state index contributed by atoms with van der Waals surface area (Å²) in [5.41, 5.74) is 0. The maximum atomic E-state index is 11.9. The third-order valence-electron chi connectivity index (χ3n) is 2.89. The molecule has 0 bridgehead atoms. The van der Waals surface area contributed by atoms with Gasteiger partial charge in [0.05, 0.1) is 6.04 Å². The molecule has 0 aromatic carbocycles. The van der Waals surface area contributed by atoms with E-state index in [1.54, 1.807) is 0 Å². The van der Waals surface area contributed by atoms with Crippen LogP contribution in [0.3, 0.4) is 0 Å². The number of carbonyl (C=O) groups is 1. The van der Waals surface area contributed by atoms with E-state index in [-0.39, 0.29) is 11.9 Å². The lowest BCUT2D eigenvalue weighted by Gasteiger charge is -2.27. The van der Waals surface area contributed by atoms with Crippen LogP contribution >= 0.6 is 0 Å². The average molecular weight is 210 g/mol. The number of hydrogen-bond donors (Lipinski definition) is 1. The lowest BCUT2D eigenvalue weighted by molar-refractivity contribution is -0.132. The van der Waals surface area contributed by atoms with Crippen molar-refractivity contribution in [1.82, 2.24) is 10.2 Å². The molecule has 1 amide bonds. The highest BCUT2D eigenvalue weighted by Gasteiger charge is 2.22. The van der Waals surface area contributed by atoms with E-state index in [2.05, 4.69) is 11.9 Å². The lowest BCUT2D eigenvalue weighted by Crippen LogP contribution is -2.47. The third kappa shape index (κ3) is 4.04. The minimum atomic E-state index is 0.0625. The number of hydrogen-bond acceptors (Lipinski definition) is 2. The Labute approximate surface area is 92.5 Å². The Morgan fingerprint density at radius 1 is 1.60 bits per heavy atom. The van der Waals surface area contributed by atoms with Crippen molar-refractivity contribution >= 4 is 5.91 Å². The van der Waals surface area contributed by atoms with Crippen LogP contribution in [-0.2, 0) is 4.79 Å². The molecule has 3 nitrogen and oxygen atoms in total. The first-order valence-corrected chi connectivity index (χ1v) is 5.85. The van der Waals surface area contributed by atoms with Gasteiger partial charge in [0.1, 0.15) is 0 Å². The molecule has 0 aromatic heterocycles. The largest absolute Gasteiger partial charge is 0.344 e. The van der Waals surface area contributed by atoms with Gasteiger partial charge in [-0.2, -0.15) is 0 Å². The maximum absolute atomic E-state index is 11.9. The van der Waals surface area contributed by atoms with Gasteiger partial charge in [-0.25, -0.2) is 0 Å². The summed E-state index contributed by atoms with van der Waals surface area (Å²) in [4.78, 5) is 13.8. The molecule has 0 spiro atoms. The van der Waals surface area contributed by atoms with Gasteiger partial charge in [0.25, 0.3) is 0 Å². The summed E-state index contributed by atoms with van der Waals surface area (Å²) < 4.78 is 0. The molecule has 1 N–H and O–H groups in total. The van der Waals surface area contributed by atoms with Crippen LogP contribution in [0.25, 0.3) is 0 Å². The van der Waals surface area contributed by atoms with E-state index < -0.39 is 0 Å². The van der Waals surface area contributed by atoms with Crippen LogP contribution in [0.4, 0.5) is 0 Å². The monoisotopic (exact) mass is 210 g/mol. The van der Waals surface area contributed by atoms with E-state index in [0.29, 0.717) is 0 Å². The first-order chi connectivity index (χ1) is 7.25. The Bertz CT molecular complexity index is 210. The van der Waals surface area contributed by atoms with Crippen molar-refractivity contribution in [2.24, 2.45) is 0 Å². The van der Waals surface area contributed by atoms with Crippen LogP contribution < -0.4 is 5.32 Å². The van der Waals surface area contributed by atoms with Gasteiger partial charge in [-0.1, -0.05) is 12.5 Å². The molecule has 86 valence electrons. The Kier molecular flexibility index (Phi) is 5.40. The standard InChI is InChI=1S/C12H22N2O/c1-3-4-7-10-14(2)12(15)11-8-5-6-9-13-11/h3,11,13H,1,4-10H2,2H3. The zero-order valence-corrected chi connectivity index (χ0v) is 9.67. The van der Waals surface area contributed by atoms with Gasteiger partial charge in [0.2, 0.25) is 5.91 Å². The van der Waals surface area contributed by atoms with Crippen molar-refractivity contribution in [3.63, 3.8) is 0 Å². The van der Waals surface area contributed by atoms with E-state index in [1.807, 2.05) is 18.0 Å². The molecule has 1 unspecified atom stereocenters. The fourth-order valence-corrected chi connectivity index (χ4v) is 1.91. The number of nitrogens with zero attached hydrogens (tertiary/aromatic N) is 1. The van der Waals surface area contributed by atoms with Crippen LogP contribution in [0.2, 0.25) is 0 Å². The molecule has 0 aromatic rings. The van der Waals surface area contributed by atoms with Crippen molar-refractivity contribution < 1.29 is 4.79 Å². The van der Waals surface area contributed by atoms with Crippen LogP contribution in [0.1, 0.15) is 32.1 Å². The molecule has 0 saturated carbocycles. The zero-order chi connectivity index (χ0) is 11.1. The highest BCUT2D eigenvalue weighted by atomic mass is 16.2. The number of allylic oxidation sites excluding steroid dienone is 1. The second-order valence-corrected chi connectivity index (χ2v) is 4.19. The number of piperidine rings is 1. The van der Waals surface area contributed by atoms with Crippen molar-refractivity contribution in [2.75, 3.05) is 20.1 Å². The Balaban J connectivity index is 2.27. The van der Waals surface area contributed by atoms with E-state index in [9.17, 15) is 4.79 Å². The fourth-order valence-electron chi connectivity index (χ4n) is 1.91. The second kappa shape index (κ2) is 6.62. The highest BCUT2D eigenvalue weighted by Crippen LogP contribution is 2.09. The van der Waals surface area contributed by atoms with Gasteiger partial charge in [-0.3, -0.25) is 4.79 Å². The van der Waals surface area contributed by atoms with Crippen LogP contribution in [0.15, 0.2) is 12.7 Å². The van der Waals surface area contributed by atoms with Gasteiger partial charge < -0.3 is 10.2 Å². The molecule has 0 aliphatic carbocycles. The van der Waals surface area contributed by atoms with Gasteiger partial charge in [0, 0.05) is 13.6 Å². The molecule has 0 radical (unpaired) electrons. The average Bonchev–Trinajstić information content (AvgIpc) is 2.29. The van der Waals surface area contributed by atoms with Gasteiger partial charge >= 0.3 is 0 Å². The molecule has 1 saturated heterocycles. The van der Waals surface area contributed by atoms with Gasteiger partial charge in [0.15, 0.2) is 0 Å². The second-order valence-electron chi connectivity index (χ2n) is 4.19. The highest BCUT2D eigenvalue weighted by molar-refractivity contribution is 5.81. The predicted molar refractivity (Wildman–Crippen MR) is 62.7 cm³/mol. The van der Waals surface area contributed by atoms with E-state index >= 15 is 0 Å². The van der Waals surface area contributed by atoms with E-state index in [0.717, 1.165) is 32.4 Å². The SMILES string of the molecule is C=CCCCN(C)C(=O)C1CCCCN1. The third-order valence-corrected chi connectivity index (χ3v) is 2.89. The molecule has 15 heavy (non-hydrogen) atoms. The number of likely N-dealkylation sites (N-methyl/N-ethyl adjacent to an activating group) is 1. The molecule has 1 aliphatic rings. The molecule has 1 heterocycles. The molecule has 1 atom stereocenters. The number of rotatable bonds is 5. The normalized spacial score (nSPS) is 21.0. The topological polar surface area (TPSA) is 32.3 Å². The smallest absolute Gasteiger partial charge is 0.239 e. The first-order valence-electron chi connectivity index (χ1n) is 5.85. The van der Waals surface area contributed by atoms with E-state index in [4.69, 9.17) is 0 Å². The van der Waals surface area contributed by atoms with Gasteiger partial charge in [-0.05, 0) is 32.2 Å². The number of carbonyl (C=O) groups excluding carboxylic acids is 1. The minimum Gasteiger partial charge on any atom is -0.344 e.